The van der Waals surface area contributed by atoms with Crippen LogP contribution in [0.5, 0.6) is 5.75 Å². The average molecular weight is 455 g/mol. The minimum Gasteiger partial charge on any atom is -0.481 e. The summed E-state index contributed by atoms with van der Waals surface area (Å²) in [5.41, 5.74) is 2.76. The van der Waals surface area contributed by atoms with Gasteiger partial charge in [0.1, 0.15) is 11.6 Å². The third kappa shape index (κ3) is 5.73. The molecule has 0 aromatic heterocycles. The van der Waals surface area contributed by atoms with Crippen molar-refractivity contribution in [2.45, 2.75) is 59.6 Å². The van der Waals surface area contributed by atoms with Crippen LogP contribution < -0.4 is 4.74 Å². The minimum atomic E-state index is -0.627. The van der Waals surface area contributed by atoms with E-state index in [-0.39, 0.29) is 23.5 Å². The Bertz CT molecular complexity index is 987. The molecule has 3 rings (SSSR count). The molecule has 1 aliphatic rings. The van der Waals surface area contributed by atoms with E-state index in [1.165, 1.54) is 12.1 Å². The van der Waals surface area contributed by atoms with Gasteiger partial charge >= 0.3 is 0 Å². The Kier molecular flexibility index (Phi) is 8.11. The van der Waals surface area contributed by atoms with Crippen LogP contribution in [0.1, 0.15) is 63.8 Å². The first-order valence-corrected chi connectivity index (χ1v) is 11.9. The van der Waals surface area contributed by atoms with Crippen LogP contribution in [0, 0.1) is 11.7 Å². The SMILES string of the molecule is CCN(CC)C(=O)[C@@H](C)Oc1ccc2c(c1)[C@H](c1cccc(F)c1)N(C(=O)CC(C)C)CC2. The zero-order valence-electron chi connectivity index (χ0n) is 20.3. The van der Waals surface area contributed by atoms with E-state index in [9.17, 15) is 14.0 Å². The second kappa shape index (κ2) is 10.8. The highest BCUT2D eigenvalue weighted by molar-refractivity contribution is 5.81. The normalized spacial score (nSPS) is 16.3. The lowest BCUT2D eigenvalue weighted by Crippen LogP contribution is -2.41. The molecule has 5 nitrogen and oxygen atoms in total. The summed E-state index contributed by atoms with van der Waals surface area (Å²) in [5, 5.41) is 0. The predicted octanol–water partition coefficient (Wildman–Crippen LogP) is 4.98. The topological polar surface area (TPSA) is 49.9 Å². The van der Waals surface area contributed by atoms with Crippen LogP contribution in [0.3, 0.4) is 0 Å². The fourth-order valence-electron chi connectivity index (χ4n) is 4.48. The monoisotopic (exact) mass is 454 g/mol. The highest BCUT2D eigenvalue weighted by atomic mass is 19.1. The summed E-state index contributed by atoms with van der Waals surface area (Å²) in [4.78, 5) is 29.4. The van der Waals surface area contributed by atoms with Crippen LogP contribution in [0.25, 0.3) is 0 Å². The molecule has 0 saturated carbocycles. The maximum Gasteiger partial charge on any atom is 0.263 e. The van der Waals surface area contributed by atoms with Crippen molar-refractivity contribution in [1.82, 2.24) is 9.80 Å². The Morgan fingerprint density at radius 2 is 1.85 bits per heavy atom. The highest BCUT2D eigenvalue weighted by Gasteiger charge is 2.33. The molecule has 2 atom stereocenters. The zero-order chi connectivity index (χ0) is 24.1. The minimum absolute atomic E-state index is 0.0568. The van der Waals surface area contributed by atoms with E-state index >= 15 is 0 Å². The van der Waals surface area contributed by atoms with E-state index in [2.05, 4.69) is 0 Å². The van der Waals surface area contributed by atoms with Gasteiger partial charge in [-0.15, -0.1) is 0 Å². The lowest BCUT2D eigenvalue weighted by atomic mass is 9.87. The molecular formula is C27H35FN2O3. The molecule has 0 N–H and O–H groups in total. The number of rotatable bonds is 8. The first kappa shape index (κ1) is 24.7. The number of ether oxygens (including phenoxy) is 1. The van der Waals surface area contributed by atoms with E-state index in [1.54, 1.807) is 17.9 Å². The van der Waals surface area contributed by atoms with Crippen molar-refractivity contribution in [3.8, 4) is 5.75 Å². The Hall–Kier alpha value is -2.89. The van der Waals surface area contributed by atoms with Crippen molar-refractivity contribution in [1.29, 1.82) is 0 Å². The van der Waals surface area contributed by atoms with Gasteiger partial charge in [-0.1, -0.05) is 32.0 Å². The van der Waals surface area contributed by atoms with Crippen LogP contribution in [-0.2, 0) is 16.0 Å². The van der Waals surface area contributed by atoms with Gasteiger partial charge in [0.15, 0.2) is 6.10 Å². The van der Waals surface area contributed by atoms with Gasteiger partial charge in [-0.3, -0.25) is 9.59 Å². The van der Waals surface area contributed by atoms with E-state index in [0.29, 0.717) is 31.8 Å². The molecule has 1 heterocycles. The fourth-order valence-corrected chi connectivity index (χ4v) is 4.48. The molecule has 0 unspecified atom stereocenters. The van der Waals surface area contributed by atoms with Crippen molar-refractivity contribution < 1.29 is 18.7 Å². The number of hydrogen-bond acceptors (Lipinski definition) is 3. The van der Waals surface area contributed by atoms with Crippen LogP contribution in [0.15, 0.2) is 42.5 Å². The van der Waals surface area contributed by atoms with Crippen molar-refractivity contribution in [2.24, 2.45) is 5.92 Å². The quantitative estimate of drug-likeness (QED) is 0.565. The summed E-state index contributed by atoms with van der Waals surface area (Å²) in [7, 11) is 0. The average Bonchev–Trinajstić information content (AvgIpc) is 2.78. The first-order valence-electron chi connectivity index (χ1n) is 11.9. The molecule has 6 heteroatoms. The summed E-state index contributed by atoms with van der Waals surface area (Å²) in [6.07, 6.45) is 0.532. The lowest BCUT2D eigenvalue weighted by Gasteiger charge is -2.38. The second-order valence-corrected chi connectivity index (χ2v) is 9.02. The molecular weight excluding hydrogens is 419 g/mol. The molecule has 2 aromatic rings. The molecule has 2 amide bonds. The first-order chi connectivity index (χ1) is 15.7. The number of fused-ring (bicyclic) bond motifs is 1. The fraction of sp³-hybridized carbons (Fsp3) is 0.481. The van der Waals surface area contributed by atoms with Crippen molar-refractivity contribution >= 4 is 11.8 Å². The van der Waals surface area contributed by atoms with Crippen molar-refractivity contribution in [2.75, 3.05) is 19.6 Å². The van der Waals surface area contributed by atoms with Crippen molar-refractivity contribution in [3.63, 3.8) is 0 Å². The van der Waals surface area contributed by atoms with Crippen LogP contribution in [0.2, 0.25) is 0 Å². The molecule has 0 bridgehead atoms. The van der Waals surface area contributed by atoms with Gasteiger partial charge in [-0.2, -0.15) is 0 Å². The van der Waals surface area contributed by atoms with Crippen LogP contribution >= 0.6 is 0 Å². The van der Waals surface area contributed by atoms with Gasteiger partial charge < -0.3 is 14.5 Å². The highest BCUT2D eigenvalue weighted by Crippen LogP contribution is 2.38. The number of halogens is 1. The summed E-state index contributed by atoms with van der Waals surface area (Å²) < 4.78 is 20.2. The predicted molar refractivity (Wildman–Crippen MR) is 128 cm³/mol. The Morgan fingerprint density at radius 1 is 1.12 bits per heavy atom. The van der Waals surface area contributed by atoms with Gasteiger partial charge in [0.05, 0.1) is 6.04 Å². The number of benzene rings is 2. The Morgan fingerprint density at radius 3 is 2.48 bits per heavy atom. The number of hydrogen-bond donors (Lipinski definition) is 0. The van der Waals surface area contributed by atoms with E-state index in [0.717, 1.165) is 23.1 Å². The molecule has 0 fully saturated rings. The summed E-state index contributed by atoms with van der Waals surface area (Å²) >= 11 is 0. The van der Waals surface area contributed by atoms with E-state index in [4.69, 9.17) is 4.74 Å². The summed E-state index contributed by atoms with van der Waals surface area (Å²) in [5.74, 6) is 0.464. The number of carbonyl (C=O) groups excluding carboxylic acids is 2. The van der Waals surface area contributed by atoms with E-state index in [1.807, 2.05) is 56.9 Å². The zero-order valence-corrected chi connectivity index (χ0v) is 20.3. The third-order valence-electron chi connectivity index (χ3n) is 6.15. The largest absolute Gasteiger partial charge is 0.481 e. The Balaban J connectivity index is 1.97. The number of nitrogens with zero attached hydrogens (tertiary/aromatic N) is 2. The van der Waals surface area contributed by atoms with Gasteiger partial charge in [0.25, 0.3) is 5.91 Å². The van der Waals surface area contributed by atoms with Crippen LogP contribution in [-0.4, -0.2) is 47.4 Å². The van der Waals surface area contributed by atoms with Gasteiger partial charge in [0, 0.05) is 26.1 Å². The Labute approximate surface area is 196 Å². The molecule has 0 spiro atoms. The van der Waals surface area contributed by atoms with Gasteiger partial charge in [-0.25, -0.2) is 4.39 Å². The van der Waals surface area contributed by atoms with Crippen molar-refractivity contribution in [3.05, 3.63) is 65.0 Å². The number of likely N-dealkylation sites (N-methyl/N-ethyl adjacent to an activating group) is 1. The molecule has 0 radical (unpaired) electrons. The molecule has 2 aromatic carbocycles. The van der Waals surface area contributed by atoms with Gasteiger partial charge in [-0.05, 0) is 74.1 Å². The summed E-state index contributed by atoms with van der Waals surface area (Å²) in [6.45, 7) is 11.5. The molecule has 178 valence electrons. The van der Waals surface area contributed by atoms with Crippen LogP contribution in [0.4, 0.5) is 4.39 Å². The maximum absolute atomic E-state index is 14.1. The standard InChI is InChI=1S/C27H35FN2O3/c1-6-29(7-2)27(32)19(5)33-23-12-11-20-13-14-30(25(31)15-18(3)4)26(24(20)17-23)21-9-8-10-22(28)16-21/h8-12,16-19,26H,6-7,13-15H2,1-5H3/t19-,26+/m1/s1. The number of amides is 2. The molecule has 0 saturated heterocycles. The number of carbonyl (C=O) groups is 2. The summed E-state index contributed by atoms with van der Waals surface area (Å²) in [6, 6.07) is 11.8. The lowest BCUT2D eigenvalue weighted by molar-refractivity contribution is -0.137. The maximum atomic E-state index is 14.1. The third-order valence-corrected chi connectivity index (χ3v) is 6.15. The van der Waals surface area contributed by atoms with Gasteiger partial charge in [0.2, 0.25) is 5.91 Å². The molecule has 33 heavy (non-hydrogen) atoms. The van der Waals surface area contributed by atoms with E-state index < -0.39 is 12.1 Å². The molecule has 1 aliphatic heterocycles. The molecule has 0 aliphatic carbocycles. The second-order valence-electron chi connectivity index (χ2n) is 9.02. The smallest absolute Gasteiger partial charge is 0.263 e.